The van der Waals surface area contributed by atoms with Gasteiger partial charge in [0.25, 0.3) is 8.32 Å². The summed E-state index contributed by atoms with van der Waals surface area (Å²) in [6, 6.07) is 25.8. The summed E-state index contributed by atoms with van der Waals surface area (Å²) in [6.45, 7) is 8.09. The van der Waals surface area contributed by atoms with Crippen LogP contribution in [0.25, 0.3) is 0 Å². The Labute approximate surface area is 246 Å². The number of carbonyl (C=O) groups excluding carboxylic acids is 2. The Balaban J connectivity index is 1.61. The van der Waals surface area contributed by atoms with E-state index in [1.54, 1.807) is 25.3 Å². The largest absolute Gasteiger partial charge is 0.497 e. The van der Waals surface area contributed by atoms with E-state index in [4.69, 9.17) is 23.4 Å². The topological polar surface area (TPSA) is 80.3 Å². The van der Waals surface area contributed by atoms with Gasteiger partial charge in [-0.3, -0.25) is 4.79 Å². The Bertz CT molecular complexity index is 1290. The van der Waals surface area contributed by atoms with Gasteiger partial charge in [-0.15, -0.1) is 0 Å². The molecule has 3 atom stereocenters. The zero-order chi connectivity index (χ0) is 29.6. The molecule has 0 bridgehead atoms. The first-order valence-electron chi connectivity index (χ1n) is 13.7. The van der Waals surface area contributed by atoms with Crippen molar-refractivity contribution in [2.75, 3.05) is 25.9 Å². The number of carbonyl (C=O) groups is 2. The molecular weight excluding hydrogens is 556 g/mol. The highest BCUT2D eigenvalue weighted by atomic mass is 32.2. The molecule has 0 aliphatic carbocycles. The van der Waals surface area contributed by atoms with Gasteiger partial charge in [0, 0.05) is 13.0 Å². The van der Waals surface area contributed by atoms with Crippen LogP contribution in [0.15, 0.2) is 78.9 Å². The van der Waals surface area contributed by atoms with E-state index >= 15 is 0 Å². The second kappa shape index (κ2) is 13.1. The third kappa shape index (κ3) is 6.63. The number of hydrogen-bond donors (Lipinski definition) is 1. The molecule has 1 saturated heterocycles. The summed E-state index contributed by atoms with van der Waals surface area (Å²) in [5.41, 5.74) is -0.274. The average molecular weight is 597 g/mol. The van der Waals surface area contributed by atoms with E-state index in [1.165, 1.54) is 24.4 Å². The maximum Gasteiger partial charge on any atom is 0.342 e. The van der Waals surface area contributed by atoms with Crippen LogP contribution >= 0.6 is 10.9 Å². The predicted molar refractivity (Wildman–Crippen MR) is 166 cm³/mol. The van der Waals surface area contributed by atoms with Crippen molar-refractivity contribution in [1.82, 2.24) is 0 Å². The van der Waals surface area contributed by atoms with Crippen LogP contribution in [0.3, 0.4) is 0 Å². The summed E-state index contributed by atoms with van der Waals surface area (Å²) in [6.07, 6.45) is 0.00453. The number of ether oxygens (including phenoxy) is 4. The van der Waals surface area contributed by atoms with Gasteiger partial charge in [-0.1, -0.05) is 81.4 Å². The first kappa shape index (κ1) is 30.7. The van der Waals surface area contributed by atoms with Gasteiger partial charge < -0.3 is 23.4 Å². The SMILES string of the molecule is COc1ccc(C(=O)O[C@@H]2CC[SH](CO[Si](c3ccccc3)(c3ccccc3)C(C)(C)C)C2OC(C)=O)c(OC)c1. The fourth-order valence-electron chi connectivity index (χ4n) is 5.48. The smallest absolute Gasteiger partial charge is 0.342 e. The number of esters is 2. The third-order valence-electron chi connectivity index (χ3n) is 7.42. The summed E-state index contributed by atoms with van der Waals surface area (Å²) in [7, 11) is -0.687. The number of thiol groups is 1. The van der Waals surface area contributed by atoms with E-state index in [-0.39, 0.29) is 10.6 Å². The minimum atomic E-state index is -2.77. The Morgan fingerprint density at radius 1 is 0.878 bits per heavy atom. The lowest BCUT2D eigenvalue weighted by atomic mass is 10.2. The van der Waals surface area contributed by atoms with Crippen molar-refractivity contribution >= 4 is 41.5 Å². The lowest BCUT2D eigenvalue weighted by Gasteiger charge is -2.44. The van der Waals surface area contributed by atoms with E-state index in [9.17, 15) is 9.59 Å². The molecular formula is C32H40O7SSi. The van der Waals surface area contributed by atoms with E-state index in [2.05, 4.69) is 69.3 Å². The molecule has 4 rings (SSSR count). The quantitative estimate of drug-likeness (QED) is 0.199. The lowest BCUT2D eigenvalue weighted by Crippen LogP contribution is -2.66. The number of hydrogen-bond acceptors (Lipinski definition) is 7. The summed E-state index contributed by atoms with van der Waals surface area (Å²) in [5, 5.41) is 2.19. The number of methoxy groups -OCH3 is 2. The van der Waals surface area contributed by atoms with Crippen LogP contribution in [0.5, 0.6) is 11.5 Å². The molecule has 9 heteroatoms. The third-order valence-corrected chi connectivity index (χ3v) is 15.1. The molecule has 0 aromatic heterocycles. The van der Waals surface area contributed by atoms with E-state index < -0.39 is 42.7 Å². The molecule has 0 spiro atoms. The molecule has 41 heavy (non-hydrogen) atoms. The van der Waals surface area contributed by atoms with Gasteiger partial charge in [-0.25, -0.2) is 4.79 Å². The van der Waals surface area contributed by atoms with Crippen molar-refractivity contribution in [2.45, 2.75) is 50.7 Å². The summed E-state index contributed by atoms with van der Waals surface area (Å²) < 4.78 is 29.6. The molecule has 0 radical (unpaired) electrons. The Morgan fingerprint density at radius 3 is 2.00 bits per heavy atom. The highest BCUT2D eigenvalue weighted by molar-refractivity contribution is 8.17. The van der Waals surface area contributed by atoms with Crippen LogP contribution in [0.1, 0.15) is 44.5 Å². The number of rotatable bonds is 10. The zero-order valence-corrected chi connectivity index (χ0v) is 26.5. The molecule has 220 valence electrons. The van der Waals surface area contributed by atoms with Crippen LogP contribution in [0.2, 0.25) is 5.04 Å². The second-order valence-corrected chi connectivity index (χ2v) is 17.7. The molecule has 0 amide bonds. The van der Waals surface area contributed by atoms with E-state index in [0.29, 0.717) is 23.9 Å². The molecule has 0 N–H and O–H groups in total. The zero-order valence-electron chi connectivity index (χ0n) is 24.6. The molecule has 3 aromatic carbocycles. The molecule has 7 nitrogen and oxygen atoms in total. The van der Waals surface area contributed by atoms with Gasteiger partial charge in [-0.2, -0.15) is 10.9 Å². The number of benzene rings is 3. The van der Waals surface area contributed by atoms with Crippen molar-refractivity contribution in [3.8, 4) is 11.5 Å². The van der Waals surface area contributed by atoms with Crippen molar-refractivity contribution in [2.24, 2.45) is 0 Å². The monoisotopic (exact) mass is 596 g/mol. The molecule has 3 aromatic rings. The summed E-state index contributed by atoms with van der Waals surface area (Å²) in [5.74, 6) is 1.17. The molecule has 1 aliphatic rings. The Hall–Kier alpha value is -3.27. The van der Waals surface area contributed by atoms with Crippen molar-refractivity contribution in [1.29, 1.82) is 0 Å². The molecule has 1 heterocycles. The van der Waals surface area contributed by atoms with Gasteiger partial charge in [-0.05, 0) is 39.7 Å². The minimum Gasteiger partial charge on any atom is -0.497 e. The first-order chi connectivity index (χ1) is 19.6. The maximum absolute atomic E-state index is 13.2. The molecule has 2 unspecified atom stereocenters. The van der Waals surface area contributed by atoms with Crippen molar-refractivity contribution < 1.29 is 33.0 Å². The summed E-state index contributed by atoms with van der Waals surface area (Å²) in [4.78, 5) is 25.4. The van der Waals surface area contributed by atoms with Gasteiger partial charge in [0.05, 0.1) is 20.2 Å². The molecule has 1 aliphatic heterocycles. The van der Waals surface area contributed by atoms with E-state index in [0.717, 1.165) is 5.75 Å². The van der Waals surface area contributed by atoms with Crippen LogP contribution in [-0.4, -0.2) is 57.7 Å². The maximum atomic E-state index is 13.2. The molecule has 0 saturated carbocycles. The normalized spacial score (nSPS) is 19.8. The van der Waals surface area contributed by atoms with Crippen LogP contribution in [0.4, 0.5) is 0 Å². The standard InChI is InChI=1S/C32H40O7SSi/c1-23(33)38-31-28(39-30(34)27-18-17-24(35-5)21-29(27)36-6)19-20-40(31)22-37-41(32(2,3)4,25-13-9-7-10-14-25)26-15-11-8-12-16-26/h7-18,21,28,31,40H,19-20,22H2,1-6H3/t28-,31?/m1/s1. The Kier molecular flexibility index (Phi) is 9.83. The second-order valence-electron chi connectivity index (χ2n) is 11.0. The van der Waals surface area contributed by atoms with Gasteiger partial charge in [0.1, 0.15) is 23.2 Å². The van der Waals surface area contributed by atoms with Crippen LogP contribution in [0, 0.1) is 0 Å². The predicted octanol–water partition coefficient (Wildman–Crippen LogP) is 5.06. The Morgan fingerprint density at radius 2 is 1.49 bits per heavy atom. The van der Waals surface area contributed by atoms with Crippen molar-refractivity contribution in [3.05, 3.63) is 84.4 Å². The lowest BCUT2D eigenvalue weighted by molar-refractivity contribution is -0.146. The summed E-state index contributed by atoms with van der Waals surface area (Å²) >= 11 is 0. The van der Waals surface area contributed by atoms with Gasteiger partial charge in [0.15, 0.2) is 5.44 Å². The fourth-order valence-corrected chi connectivity index (χ4v) is 13.2. The van der Waals surface area contributed by atoms with Crippen LogP contribution < -0.4 is 19.8 Å². The average Bonchev–Trinajstić information content (AvgIpc) is 3.33. The molecule has 1 fully saturated rings. The van der Waals surface area contributed by atoms with Gasteiger partial charge >= 0.3 is 11.9 Å². The fraction of sp³-hybridized carbons (Fsp3) is 0.375. The van der Waals surface area contributed by atoms with Crippen LogP contribution in [-0.2, 0) is 18.7 Å². The van der Waals surface area contributed by atoms with Crippen molar-refractivity contribution in [3.63, 3.8) is 0 Å². The minimum absolute atomic E-state index is 0.182. The first-order valence-corrected chi connectivity index (χ1v) is 17.4. The highest BCUT2D eigenvalue weighted by Gasteiger charge is 2.51. The highest BCUT2D eigenvalue weighted by Crippen LogP contribution is 2.47. The van der Waals surface area contributed by atoms with E-state index in [1.807, 2.05) is 12.1 Å². The van der Waals surface area contributed by atoms with Gasteiger partial charge in [0.2, 0.25) is 0 Å².